The minimum atomic E-state index is -3.96. The van der Waals surface area contributed by atoms with Crippen LogP contribution >= 0.6 is 0 Å². The Labute approximate surface area is 176 Å². The molecule has 1 aliphatic rings. The summed E-state index contributed by atoms with van der Waals surface area (Å²) in [6.45, 7) is 5.12. The van der Waals surface area contributed by atoms with Crippen LogP contribution in [0.25, 0.3) is 0 Å². The highest BCUT2D eigenvalue weighted by Crippen LogP contribution is 2.19. The van der Waals surface area contributed by atoms with Crippen LogP contribution in [-0.2, 0) is 21.4 Å². The summed E-state index contributed by atoms with van der Waals surface area (Å²) < 4.78 is 34.0. The van der Waals surface area contributed by atoms with Gasteiger partial charge in [-0.25, -0.2) is 8.42 Å². The summed E-state index contributed by atoms with van der Waals surface area (Å²) in [5, 5.41) is 0. The fourth-order valence-electron chi connectivity index (χ4n) is 3.40. The molecule has 0 bridgehead atoms. The highest BCUT2D eigenvalue weighted by Gasteiger charge is 2.22. The lowest BCUT2D eigenvalue weighted by Gasteiger charge is -2.30. The lowest BCUT2D eigenvalue weighted by atomic mass is 9.99. The molecule has 1 aliphatic heterocycles. The zero-order valence-electron chi connectivity index (χ0n) is 17.4. The predicted molar refractivity (Wildman–Crippen MR) is 114 cm³/mol. The van der Waals surface area contributed by atoms with Gasteiger partial charge in [-0.2, -0.15) is 0 Å². The number of likely N-dealkylation sites (tertiary alicyclic amines) is 1. The monoisotopic (exact) mass is 433 g/mol. The summed E-state index contributed by atoms with van der Waals surface area (Å²) >= 11 is 0. The molecule has 1 aromatic heterocycles. The zero-order chi connectivity index (χ0) is 21.9. The first-order chi connectivity index (χ1) is 14.2. The predicted octanol–water partition coefficient (Wildman–Crippen LogP) is 2.22. The highest BCUT2D eigenvalue weighted by atomic mass is 32.2. The average Bonchev–Trinajstić information content (AvgIpc) is 2.73. The molecule has 0 saturated carbocycles. The SMILES string of the molecule is COc1ccc(S(=O)(=O)Nc2ccc(C)n(CC(=O)N3CCC(C)CC3)c2=O)cc1. The van der Waals surface area contributed by atoms with Gasteiger partial charge in [-0.3, -0.25) is 14.3 Å². The summed E-state index contributed by atoms with van der Waals surface area (Å²) in [5.41, 5.74) is -0.0616. The molecule has 9 heteroatoms. The van der Waals surface area contributed by atoms with E-state index in [1.807, 2.05) is 0 Å². The minimum Gasteiger partial charge on any atom is -0.497 e. The maximum absolute atomic E-state index is 12.9. The number of nitrogens with one attached hydrogen (secondary N) is 1. The van der Waals surface area contributed by atoms with Crippen LogP contribution in [0, 0.1) is 12.8 Å². The van der Waals surface area contributed by atoms with Crippen molar-refractivity contribution in [2.45, 2.75) is 38.1 Å². The quantitative estimate of drug-likeness (QED) is 0.753. The van der Waals surface area contributed by atoms with Crippen molar-refractivity contribution in [2.24, 2.45) is 5.92 Å². The Hall–Kier alpha value is -2.81. The number of aromatic nitrogens is 1. The normalized spacial score (nSPS) is 15.1. The zero-order valence-corrected chi connectivity index (χ0v) is 18.2. The molecule has 1 N–H and O–H groups in total. The molecule has 2 heterocycles. The molecule has 0 spiro atoms. The number of methoxy groups -OCH3 is 1. The second-order valence-corrected chi connectivity index (χ2v) is 9.31. The Morgan fingerprint density at radius 2 is 1.77 bits per heavy atom. The molecule has 1 amide bonds. The summed E-state index contributed by atoms with van der Waals surface area (Å²) in [4.78, 5) is 27.4. The van der Waals surface area contributed by atoms with Gasteiger partial charge in [0.15, 0.2) is 0 Å². The number of nitrogens with zero attached hydrogens (tertiary/aromatic N) is 2. The molecule has 1 saturated heterocycles. The van der Waals surface area contributed by atoms with Gasteiger partial charge in [0.25, 0.3) is 15.6 Å². The molecule has 2 aromatic rings. The van der Waals surface area contributed by atoms with Crippen LogP contribution < -0.4 is 15.0 Å². The first-order valence-electron chi connectivity index (χ1n) is 9.86. The smallest absolute Gasteiger partial charge is 0.275 e. The maximum Gasteiger partial charge on any atom is 0.275 e. The number of carbonyl (C=O) groups is 1. The lowest BCUT2D eigenvalue weighted by molar-refractivity contribution is -0.133. The summed E-state index contributed by atoms with van der Waals surface area (Å²) in [5.74, 6) is 0.980. The second kappa shape index (κ2) is 8.91. The topological polar surface area (TPSA) is 97.7 Å². The number of hydrogen-bond donors (Lipinski definition) is 1. The van der Waals surface area contributed by atoms with Gasteiger partial charge in [0.2, 0.25) is 5.91 Å². The number of benzene rings is 1. The van der Waals surface area contributed by atoms with Gasteiger partial charge in [-0.1, -0.05) is 6.92 Å². The third-order valence-electron chi connectivity index (χ3n) is 5.44. The molecule has 0 radical (unpaired) electrons. The molecule has 1 fully saturated rings. The van der Waals surface area contributed by atoms with Crippen molar-refractivity contribution in [2.75, 3.05) is 24.9 Å². The first-order valence-corrected chi connectivity index (χ1v) is 11.3. The van der Waals surface area contributed by atoms with E-state index in [9.17, 15) is 18.0 Å². The van der Waals surface area contributed by atoms with Crippen molar-refractivity contribution in [3.05, 3.63) is 52.4 Å². The molecule has 162 valence electrons. The van der Waals surface area contributed by atoms with Crippen molar-refractivity contribution in [1.29, 1.82) is 0 Å². The summed E-state index contributed by atoms with van der Waals surface area (Å²) in [7, 11) is -2.47. The molecular formula is C21H27N3O5S. The van der Waals surface area contributed by atoms with Crippen molar-refractivity contribution >= 4 is 21.6 Å². The Kier molecular flexibility index (Phi) is 6.50. The molecule has 8 nitrogen and oxygen atoms in total. The van der Waals surface area contributed by atoms with Crippen LogP contribution in [0.5, 0.6) is 5.75 Å². The molecule has 0 atom stereocenters. The van der Waals surface area contributed by atoms with E-state index in [-0.39, 0.29) is 23.0 Å². The second-order valence-electron chi connectivity index (χ2n) is 7.62. The van der Waals surface area contributed by atoms with Crippen molar-refractivity contribution in [3.63, 3.8) is 0 Å². The molecular weight excluding hydrogens is 406 g/mol. The van der Waals surface area contributed by atoms with E-state index in [4.69, 9.17) is 4.74 Å². The Morgan fingerprint density at radius 3 is 2.37 bits per heavy atom. The van der Waals surface area contributed by atoms with Crippen LogP contribution in [0.2, 0.25) is 0 Å². The third-order valence-corrected chi connectivity index (χ3v) is 6.82. The van der Waals surface area contributed by atoms with Crippen molar-refractivity contribution < 1.29 is 17.9 Å². The molecule has 1 aromatic carbocycles. The number of amides is 1. The molecule has 0 unspecified atom stereocenters. The van der Waals surface area contributed by atoms with Gasteiger partial charge >= 0.3 is 0 Å². The summed E-state index contributed by atoms with van der Waals surface area (Å²) in [6.07, 6.45) is 1.89. The number of hydrogen-bond acceptors (Lipinski definition) is 5. The maximum atomic E-state index is 12.9. The molecule has 0 aliphatic carbocycles. The number of pyridine rings is 1. The molecule has 3 rings (SSSR count). The van der Waals surface area contributed by atoms with Gasteiger partial charge in [0.1, 0.15) is 18.0 Å². The number of piperidine rings is 1. The minimum absolute atomic E-state index is 0.00772. The Balaban J connectivity index is 1.81. The van der Waals surface area contributed by atoms with E-state index in [1.54, 1.807) is 17.9 Å². The number of anilines is 1. The molecule has 30 heavy (non-hydrogen) atoms. The van der Waals surface area contributed by atoms with Gasteiger partial charge in [0, 0.05) is 18.8 Å². The fourth-order valence-corrected chi connectivity index (χ4v) is 4.45. The standard InChI is InChI=1S/C21H27N3O5S/c1-15-10-12-23(13-11-15)20(25)14-24-16(2)4-9-19(21(24)26)22-30(27,28)18-7-5-17(29-3)6-8-18/h4-9,15,22H,10-14H2,1-3H3. The number of rotatable bonds is 6. The fraction of sp³-hybridized carbons (Fsp3) is 0.429. The van der Waals surface area contributed by atoms with E-state index in [0.29, 0.717) is 30.5 Å². The van der Waals surface area contributed by atoms with Crippen LogP contribution in [0.3, 0.4) is 0 Å². The number of aryl methyl sites for hydroxylation is 1. The third kappa shape index (κ3) is 4.84. The van der Waals surface area contributed by atoms with E-state index in [1.165, 1.54) is 42.0 Å². The average molecular weight is 434 g/mol. The van der Waals surface area contributed by atoms with Gasteiger partial charge in [-0.05, 0) is 62.1 Å². The van der Waals surface area contributed by atoms with Gasteiger partial charge in [-0.15, -0.1) is 0 Å². The van der Waals surface area contributed by atoms with Gasteiger partial charge < -0.3 is 14.2 Å². The van der Waals surface area contributed by atoms with Crippen LogP contribution in [0.15, 0.2) is 46.1 Å². The number of carbonyl (C=O) groups excluding carboxylic acids is 1. The van der Waals surface area contributed by atoms with E-state index in [0.717, 1.165) is 12.8 Å². The van der Waals surface area contributed by atoms with E-state index in [2.05, 4.69) is 11.6 Å². The summed E-state index contributed by atoms with van der Waals surface area (Å²) in [6, 6.07) is 8.89. The lowest BCUT2D eigenvalue weighted by Crippen LogP contribution is -2.41. The highest BCUT2D eigenvalue weighted by molar-refractivity contribution is 7.92. The van der Waals surface area contributed by atoms with E-state index < -0.39 is 15.6 Å². The number of ether oxygens (including phenoxy) is 1. The van der Waals surface area contributed by atoms with Crippen LogP contribution in [0.4, 0.5) is 5.69 Å². The number of sulfonamides is 1. The van der Waals surface area contributed by atoms with Crippen LogP contribution in [0.1, 0.15) is 25.5 Å². The van der Waals surface area contributed by atoms with Crippen molar-refractivity contribution in [1.82, 2.24) is 9.47 Å². The van der Waals surface area contributed by atoms with E-state index >= 15 is 0 Å². The van der Waals surface area contributed by atoms with Crippen molar-refractivity contribution in [3.8, 4) is 5.75 Å². The van der Waals surface area contributed by atoms with Gasteiger partial charge in [0.05, 0.1) is 12.0 Å². The first kappa shape index (κ1) is 21.9. The Morgan fingerprint density at radius 1 is 1.13 bits per heavy atom. The largest absolute Gasteiger partial charge is 0.497 e. The Bertz CT molecular complexity index is 1070. The van der Waals surface area contributed by atoms with Crippen LogP contribution in [-0.4, -0.2) is 44.0 Å².